The van der Waals surface area contributed by atoms with Crippen molar-refractivity contribution in [3.05, 3.63) is 105 Å². The number of halogens is 2. The van der Waals surface area contributed by atoms with Crippen molar-refractivity contribution in [2.75, 3.05) is 20.3 Å². The van der Waals surface area contributed by atoms with Gasteiger partial charge in [0.2, 0.25) is 11.8 Å². The van der Waals surface area contributed by atoms with E-state index in [4.69, 9.17) is 38.0 Å². The van der Waals surface area contributed by atoms with Crippen LogP contribution in [0, 0.1) is 0 Å². The molecule has 5 aromatic rings. The lowest BCUT2D eigenvalue weighted by Gasteiger charge is -2.16. The molecule has 2 aromatic carbocycles. The minimum absolute atomic E-state index is 0.0756. The average Bonchev–Trinajstić information content (AvgIpc) is 3.54. The van der Waals surface area contributed by atoms with E-state index in [0.717, 1.165) is 17.5 Å². The van der Waals surface area contributed by atoms with Gasteiger partial charge in [0, 0.05) is 72.3 Å². The number of aliphatic hydroxyl groups excluding tert-OH is 1. The van der Waals surface area contributed by atoms with Gasteiger partial charge in [0.05, 0.1) is 35.0 Å². The molecule has 2 atom stereocenters. The smallest absolute Gasteiger partial charge is 0.323 e. The first-order valence-electron chi connectivity index (χ1n) is 15.9. The molecule has 0 aliphatic carbocycles. The number of carbonyl (C=O) groups is 2. The van der Waals surface area contributed by atoms with Crippen LogP contribution in [-0.4, -0.2) is 68.8 Å². The number of nitrogens with zero attached hydrogens (tertiary/aromatic N) is 3. The third-order valence-corrected chi connectivity index (χ3v) is 9.41. The van der Waals surface area contributed by atoms with Crippen molar-refractivity contribution in [3.8, 4) is 39.4 Å². The summed E-state index contributed by atoms with van der Waals surface area (Å²) in [6.07, 6.45) is 4.34. The molecule has 1 fully saturated rings. The molecule has 14 heteroatoms. The maximum absolute atomic E-state index is 13.1. The summed E-state index contributed by atoms with van der Waals surface area (Å²) in [4.78, 5) is 45.0. The number of nitrogens with one attached hydrogen (secondary N) is 3. The Morgan fingerprint density at radius 3 is 2.42 bits per heavy atom. The van der Waals surface area contributed by atoms with Crippen molar-refractivity contribution in [2.24, 2.45) is 0 Å². The van der Waals surface area contributed by atoms with Crippen LogP contribution in [0.4, 0.5) is 0 Å². The molecule has 1 amide bonds. The van der Waals surface area contributed by atoms with Crippen molar-refractivity contribution in [1.82, 2.24) is 30.3 Å². The first kappa shape index (κ1) is 35.0. The first-order chi connectivity index (χ1) is 24.2. The molecule has 0 saturated carbocycles. The second kappa shape index (κ2) is 15.4. The van der Waals surface area contributed by atoms with Gasteiger partial charge in [-0.15, -0.1) is 0 Å². The Morgan fingerprint density at radius 2 is 1.74 bits per heavy atom. The standard InChI is InChI=1S/C36H34Cl2N6O6/c1-50-34-21(15-39-18-23-9-11-31(46)42-23)8-10-28(43-34)27-7-3-6-26(33(27)38)25-5-2-4-24(32(25)37)20-12-13-44-30(14-20)41-17-22(35(44)47)16-40-29(19-45)36(48)49/h2-8,10,12-14,17,23,29,39-40,45H,9,11,15-16,18-19H2,1H3,(H,42,46)(H,48,49)/t23-,29+/m0/s1. The van der Waals surface area contributed by atoms with E-state index in [1.54, 1.807) is 25.4 Å². The Hall–Kier alpha value is -4.85. The Balaban J connectivity index is 1.25. The number of hydrogen-bond acceptors (Lipinski definition) is 9. The summed E-state index contributed by atoms with van der Waals surface area (Å²) in [6, 6.07) is 17.5. The van der Waals surface area contributed by atoms with E-state index in [-0.39, 0.29) is 29.6 Å². The van der Waals surface area contributed by atoms with Gasteiger partial charge in [-0.05, 0) is 30.2 Å². The molecular formula is C36H34Cl2N6O6. The van der Waals surface area contributed by atoms with Gasteiger partial charge < -0.3 is 25.6 Å². The monoisotopic (exact) mass is 716 g/mol. The van der Waals surface area contributed by atoms with Crippen molar-refractivity contribution in [3.63, 3.8) is 0 Å². The Labute approximate surface area is 297 Å². The number of carbonyl (C=O) groups excluding carboxylic acids is 1. The Morgan fingerprint density at radius 1 is 1.02 bits per heavy atom. The number of rotatable bonds is 13. The number of aromatic nitrogens is 3. The zero-order chi connectivity index (χ0) is 35.4. The van der Waals surface area contributed by atoms with E-state index in [1.807, 2.05) is 48.5 Å². The molecule has 0 unspecified atom stereocenters. The quantitative estimate of drug-likeness (QED) is 0.119. The lowest BCUT2D eigenvalue weighted by molar-refractivity contribution is -0.140. The molecule has 50 heavy (non-hydrogen) atoms. The number of carboxylic acid groups (broad SMARTS) is 1. The molecule has 1 aliphatic rings. The fraction of sp³-hybridized carbons (Fsp3) is 0.250. The van der Waals surface area contributed by atoms with E-state index in [9.17, 15) is 19.5 Å². The highest BCUT2D eigenvalue weighted by molar-refractivity contribution is 6.39. The van der Waals surface area contributed by atoms with Gasteiger partial charge in [-0.2, -0.15) is 0 Å². The highest BCUT2D eigenvalue weighted by atomic mass is 35.5. The first-order valence-corrected chi connectivity index (χ1v) is 16.6. The molecule has 1 aliphatic heterocycles. The Bertz CT molecular complexity index is 2140. The van der Waals surface area contributed by atoms with Crippen LogP contribution >= 0.6 is 23.2 Å². The van der Waals surface area contributed by atoms with Crippen molar-refractivity contribution in [1.29, 1.82) is 0 Å². The van der Waals surface area contributed by atoms with Crippen molar-refractivity contribution >= 4 is 40.7 Å². The summed E-state index contributed by atoms with van der Waals surface area (Å²) >= 11 is 14.1. The topological polar surface area (TPSA) is 167 Å². The number of ether oxygens (including phenoxy) is 1. The summed E-state index contributed by atoms with van der Waals surface area (Å²) in [7, 11) is 1.57. The van der Waals surface area contributed by atoms with E-state index in [0.29, 0.717) is 69.0 Å². The lowest BCUT2D eigenvalue weighted by atomic mass is 9.97. The Kier molecular flexibility index (Phi) is 10.8. The zero-order valence-electron chi connectivity index (χ0n) is 27.0. The largest absolute Gasteiger partial charge is 0.481 e. The average molecular weight is 718 g/mol. The third kappa shape index (κ3) is 7.35. The summed E-state index contributed by atoms with van der Waals surface area (Å²) in [5.41, 5.74) is 5.28. The van der Waals surface area contributed by atoms with Crippen molar-refractivity contribution < 1.29 is 24.5 Å². The molecule has 4 heterocycles. The van der Waals surface area contributed by atoms with Gasteiger partial charge in [0.15, 0.2) is 0 Å². The highest BCUT2D eigenvalue weighted by Crippen LogP contribution is 2.42. The molecule has 258 valence electrons. The van der Waals surface area contributed by atoms with Gasteiger partial charge in [-0.25, -0.2) is 9.97 Å². The highest BCUT2D eigenvalue weighted by Gasteiger charge is 2.21. The summed E-state index contributed by atoms with van der Waals surface area (Å²) < 4.78 is 6.99. The van der Waals surface area contributed by atoms with Crippen LogP contribution in [0.3, 0.4) is 0 Å². The minimum atomic E-state index is -1.22. The maximum Gasteiger partial charge on any atom is 0.323 e. The molecule has 0 bridgehead atoms. The number of aliphatic hydroxyl groups is 1. The predicted molar refractivity (Wildman–Crippen MR) is 190 cm³/mol. The minimum Gasteiger partial charge on any atom is -0.481 e. The van der Waals surface area contributed by atoms with Crippen LogP contribution in [0.15, 0.2) is 77.9 Å². The molecule has 0 spiro atoms. The number of methoxy groups -OCH3 is 1. The molecule has 3 aromatic heterocycles. The lowest BCUT2D eigenvalue weighted by Crippen LogP contribution is -2.40. The van der Waals surface area contributed by atoms with Gasteiger partial charge in [-0.3, -0.25) is 24.1 Å². The van der Waals surface area contributed by atoms with Crippen LogP contribution in [0.5, 0.6) is 5.88 Å². The van der Waals surface area contributed by atoms with Crippen molar-refractivity contribution in [2.45, 2.75) is 38.0 Å². The van der Waals surface area contributed by atoms with Crippen LogP contribution in [0.2, 0.25) is 10.0 Å². The van der Waals surface area contributed by atoms with Gasteiger partial charge in [-0.1, -0.05) is 65.7 Å². The normalized spacial score (nSPS) is 14.9. The van der Waals surface area contributed by atoms with Gasteiger partial charge >= 0.3 is 5.97 Å². The second-order valence-electron chi connectivity index (χ2n) is 11.8. The fourth-order valence-electron chi connectivity index (χ4n) is 5.91. The van der Waals surface area contributed by atoms with Crippen LogP contribution in [0.25, 0.3) is 39.2 Å². The number of pyridine rings is 2. The number of amides is 1. The molecule has 5 N–H and O–H groups in total. The molecule has 1 saturated heterocycles. The predicted octanol–water partition coefficient (Wildman–Crippen LogP) is 4.31. The number of carboxylic acids is 1. The molecule has 0 radical (unpaired) electrons. The van der Waals surface area contributed by atoms with Crippen LogP contribution in [0.1, 0.15) is 24.0 Å². The van der Waals surface area contributed by atoms with E-state index in [1.165, 1.54) is 10.6 Å². The van der Waals surface area contributed by atoms with Crippen LogP contribution < -0.4 is 26.2 Å². The van der Waals surface area contributed by atoms with E-state index < -0.39 is 18.6 Å². The molecular weight excluding hydrogens is 683 g/mol. The van der Waals surface area contributed by atoms with E-state index >= 15 is 0 Å². The molecule has 12 nitrogen and oxygen atoms in total. The van der Waals surface area contributed by atoms with E-state index in [2.05, 4.69) is 20.9 Å². The van der Waals surface area contributed by atoms with Gasteiger partial charge in [0.1, 0.15) is 11.7 Å². The molecule has 6 rings (SSSR count). The number of hydrogen-bond donors (Lipinski definition) is 5. The second-order valence-corrected chi connectivity index (χ2v) is 12.6. The number of aliphatic carboxylic acids is 1. The zero-order valence-corrected chi connectivity index (χ0v) is 28.5. The maximum atomic E-state index is 13.1. The van der Waals surface area contributed by atoms with Gasteiger partial charge in [0.25, 0.3) is 5.56 Å². The number of fused-ring (bicyclic) bond motifs is 1. The summed E-state index contributed by atoms with van der Waals surface area (Å²) in [5, 5.41) is 28.3. The summed E-state index contributed by atoms with van der Waals surface area (Å²) in [6.45, 7) is 0.486. The van der Waals surface area contributed by atoms with Crippen LogP contribution in [-0.2, 0) is 22.7 Å². The fourth-order valence-corrected chi connectivity index (χ4v) is 6.57. The summed E-state index contributed by atoms with van der Waals surface area (Å²) in [5.74, 6) is -0.674. The third-order valence-electron chi connectivity index (χ3n) is 8.60. The number of benzene rings is 2. The SMILES string of the molecule is COc1nc(-c2cccc(-c3cccc(-c4ccn5c(=O)c(CN[C@H](CO)C(=O)O)cnc5c4)c3Cl)c2Cl)ccc1CNC[C@@H]1CCC(=O)N1.